The van der Waals surface area contributed by atoms with Crippen LogP contribution in [0.15, 0.2) is 29.4 Å². The normalized spacial score (nSPS) is 17.1. The Kier molecular flexibility index (Phi) is 7.26. The molecular formula is C23H32N6OS. The van der Waals surface area contributed by atoms with Crippen molar-refractivity contribution in [2.45, 2.75) is 69.8 Å². The fraction of sp³-hybridized carbons (Fsp3) is 0.565. The van der Waals surface area contributed by atoms with Gasteiger partial charge in [-0.1, -0.05) is 43.3 Å². The molecule has 166 valence electrons. The van der Waals surface area contributed by atoms with Gasteiger partial charge in [0.25, 0.3) is 0 Å². The van der Waals surface area contributed by atoms with Crippen molar-refractivity contribution in [3.05, 3.63) is 29.8 Å². The lowest BCUT2D eigenvalue weighted by atomic mass is 9.90. The molecule has 0 radical (unpaired) electrons. The molecular weight excluding hydrogens is 408 g/mol. The van der Waals surface area contributed by atoms with E-state index in [1.807, 2.05) is 25.3 Å². The summed E-state index contributed by atoms with van der Waals surface area (Å²) in [4.78, 5) is 15.2. The van der Waals surface area contributed by atoms with E-state index < -0.39 is 10.8 Å². The Morgan fingerprint density at radius 3 is 2.39 bits per heavy atom. The van der Waals surface area contributed by atoms with Crippen molar-refractivity contribution < 1.29 is 4.79 Å². The minimum Gasteiger partial charge on any atom is -0.341 e. The molecule has 1 N–H and O–H groups in total. The van der Waals surface area contributed by atoms with Crippen LogP contribution in [0.25, 0.3) is 5.69 Å². The lowest BCUT2D eigenvalue weighted by molar-refractivity contribution is -0.121. The van der Waals surface area contributed by atoms with Crippen molar-refractivity contribution in [2.75, 3.05) is 18.0 Å². The SMILES string of the molecule is Cc1ccc(-n2c(S[C@H](C)C(=O)N[C@@](C)(C#N)C(C)C)nnc2N2CCCCC2)cc1. The van der Waals surface area contributed by atoms with Crippen molar-refractivity contribution >= 4 is 23.6 Å². The number of carbonyl (C=O) groups is 1. The summed E-state index contributed by atoms with van der Waals surface area (Å²) in [7, 11) is 0. The van der Waals surface area contributed by atoms with Crippen LogP contribution >= 0.6 is 11.8 Å². The Bertz CT molecular complexity index is 942. The number of nitrogens with one attached hydrogen (secondary N) is 1. The topological polar surface area (TPSA) is 86.8 Å². The van der Waals surface area contributed by atoms with Crippen LogP contribution < -0.4 is 10.2 Å². The van der Waals surface area contributed by atoms with E-state index in [9.17, 15) is 10.1 Å². The molecule has 0 spiro atoms. The molecule has 1 aliphatic rings. The van der Waals surface area contributed by atoms with Crippen LogP contribution in [0.5, 0.6) is 0 Å². The summed E-state index contributed by atoms with van der Waals surface area (Å²) < 4.78 is 2.05. The van der Waals surface area contributed by atoms with E-state index in [1.165, 1.54) is 23.7 Å². The molecule has 0 saturated carbocycles. The van der Waals surface area contributed by atoms with E-state index in [0.717, 1.165) is 37.6 Å². The maximum absolute atomic E-state index is 12.9. The van der Waals surface area contributed by atoms with Crippen molar-refractivity contribution in [2.24, 2.45) is 5.92 Å². The van der Waals surface area contributed by atoms with Gasteiger partial charge < -0.3 is 10.2 Å². The monoisotopic (exact) mass is 440 g/mol. The van der Waals surface area contributed by atoms with Gasteiger partial charge in [0.15, 0.2) is 5.16 Å². The zero-order chi connectivity index (χ0) is 22.6. The number of amides is 1. The Labute approximate surface area is 189 Å². The highest BCUT2D eigenvalue weighted by Crippen LogP contribution is 2.31. The van der Waals surface area contributed by atoms with E-state index in [-0.39, 0.29) is 11.8 Å². The highest BCUT2D eigenvalue weighted by Gasteiger charge is 2.32. The van der Waals surface area contributed by atoms with Gasteiger partial charge in [-0.3, -0.25) is 9.36 Å². The summed E-state index contributed by atoms with van der Waals surface area (Å²) in [5, 5.41) is 21.7. The molecule has 1 amide bonds. The molecule has 8 heteroatoms. The molecule has 0 aliphatic carbocycles. The van der Waals surface area contributed by atoms with Gasteiger partial charge in [-0.2, -0.15) is 5.26 Å². The summed E-state index contributed by atoms with van der Waals surface area (Å²) in [5.41, 5.74) is 1.26. The average molecular weight is 441 g/mol. The van der Waals surface area contributed by atoms with Gasteiger partial charge in [0.1, 0.15) is 5.54 Å². The first-order valence-electron chi connectivity index (χ1n) is 10.9. The molecule has 1 fully saturated rings. The number of aromatic nitrogens is 3. The van der Waals surface area contributed by atoms with Crippen LogP contribution in [0.1, 0.15) is 52.5 Å². The third-order valence-electron chi connectivity index (χ3n) is 5.97. The lowest BCUT2D eigenvalue weighted by Crippen LogP contribution is -2.51. The summed E-state index contributed by atoms with van der Waals surface area (Å²) in [6, 6.07) is 10.5. The van der Waals surface area contributed by atoms with Gasteiger partial charge in [0.05, 0.1) is 17.0 Å². The van der Waals surface area contributed by atoms with Crippen molar-refractivity contribution in [1.29, 1.82) is 5.26 Å². The fourth-order valence-electron chi connectivity index (χ4n) is 3.43. The van der Waals surface area contributed by atoms with E-state index in [1.54, 1.807) is 6.92 Å². The maximum Gasteiger partial charge on any atom is 0.234 e. The van der Waals surface area contributed by atoms with Crippen molar-refractivity contribution in [1.82, 2.24) is 20.1 Å². The van der Waals surface area contributed by atoms with E-state index in [0.29, 0.717) is 5.16 Å². The van der Waals surface area contributed by atoms with Crippen LogP contribution in [0.2, 0.25) is 0 Å². The van der Waals surface area contributed by atoms with Crippen LogP contribution in [0.4, 0.5) is 5.95 Å². The van der Waals surface area contributed by atoms with Crippen LogP contribution in [-0.4, -0.2) is 44.6 Å². The Morgan fingerprint density at radius 1 is 1.16 bits per heavy atom. The molecule has 1 aliphatic heterocycles. The molecule has 2 aromatic rings. The largest absolute Gasteiger partial charge is 0.341 e. The fourth-order valence-corrected chi connectivity index (χ4v) is 4.29. The number of rotatable bonds is 7. The quantitative estimate of drug-likeness (QED) is 0.652. The molecule has 1 saturated heterocycles. The number of piperidine rings is 1. The summed E-state index contributed by atoms with van der Waals surface area (Å²) in [6.45, 7) is 11.4. The molecule has 31 heavy (non-hydrogen) atoms. The number of nitriles is 1. The highest BCUT2D eigenvalue weighted by molar-refractivity contribution is 8.00. The number of hydrogen-bond acceptors (Lipinski definition) is 6. The number of thioether (sulfide) groups is 1. The van der Waals surface area contributed by atoms with Crippen LogP contribution in [-0.2, 0) is 4.79 Å². The predicted molar refractivity (Wildman–Crippen MR) is 124 cm³/mol. The summed E-state index contributed by atoms with van der Waals surface area (Å²) in [6.07, 6.45) is 3.52. The Hall–Kier alpha value is -2.53. The molecule has 7 nitrogen and oxygen atoms in total. The minimum atomic E-state index is -0.907. The number of hydrogen-bond donors (Lipinski definition) is 1. The first kappa shape index (κ1) is 23.1. The van der Waals surface area contributed by atoms with E-state index in [4.69, 9.17) is 0 Å². The molecule has 0 bridgehead atoms. The first-order valence-corrected chi connectivity index (χ1v) is 11.8. The highest BCUT2D eigenvalue weighted by atomic mass is 32.2. The Balaban J connectivity index is 1.88. The second kappa shape index (κ2) is 9.73. The smallest absolute Gasteiger partial charge is 0.234 e. The predicted octanol–water partition coefficient (Wildman–Crippen LogP) is 4.10. The third kappa shape index (κ3) is 5.21. The van der Waals surface area contributed by atoms with Gasteiger partial charge in [-0.25, -0.2) is 0 Å². The minimum absolute atomic E-state index is 0.000524. The number of nitrogens with zero attached hydrogens (tertiary/aromatic N) is 5. The molecule has 2 heterocycles. The number of benzene rings is 1. The number of anilines is 1. The summed E-state index contributed by atoms with van der Waals surface area (Å²) in [5.74, 6) is 0.643. The van der Waals surface area contributed by atoms with Crippen molar-refractivity contribution in [3.63, 3.8) is 0 Å². The van der Waals surface area contributed by atoms with Gasteiger partial charge in [0.2, 0.25) is 11.9 Å². The van der Waals surface area contributed by atoms with Crippen LogP contribution in [0.3, 0.4) is 0 Å². The zero-order valence-corrected chi connectivity index (χ0v) is 19.9. The molecule has 0 unspecified atom stereocenters. The van der Waals surface area contributed by atoms with Gasteiger partial charge in [-0.05, 0) is 58.1 Å². The van der Waals surface area contributed by atoms with E-state index in [2.05, 4.69) is 57.7 Å². The lowest BCUT2D eigenvalue weighted by Gasteiger charge is -2.29. The zero-order valence-electron chi connectivity index (χ0n) is 19.1. The average Bonchev–Trinajstić information content (AvgIpc) is 3.18. The van der Waals surface area contributed by atoms with Gasteiger partial charge >= 0.3 is 0 Å². The molecule has 1 aromatic carbocycles. The number of aryl methyl sites for hydroxylation is 1. The second-order valence-corrected chi connectivity index (χ2v) is 10.0. The van der Waals surface area contributed by atoms with Crippen molar-refractivity contribution in [3.8, 4) is 11.8 Å². The molecule has 1 aromatic heterocycles. The Morgan fingerprint density at radius 2 is 1.81 bits per heavy atom. The maximum atomic E-state index is 12.9. The van der Waals surface area contributed by atoms with Gasteiger partial charge in [-0.15, -0.1) is 10.2 Å². The van der Waals surface area contributed by atoms with Crippen LogP contribution in [0, 0.1) is 24.2 Å². The number of carbonyl (C=O) groups excluding carboxylic acids is 1. The third-order valence-corrected chi connectivity index (χ3v) is 7.01. The first-order chi connectivity index (χ1) is 14.7. The van der Waals surface area contributed by atoms with E-state index >= 15 is 0 Å². The molecule has 2 atom stereocenters. The van der Waals surface area contributed by atoms with Gasteiger partial charge in [0, 0.05) is 13.1 Å². The second-order valence-electron chi connectivity index (χ2n) is 8.72. The standard InChI is InChI=1S/C23H32N6OS/c1-16(2)23(5,15-24)25-20(30)18(4)31-22-27-26-21(28-13-7-6-8-14-28)29(22)19-11-9-17(3)10-12-19/h9-12,16,18H,6-8,13-14H2,1-5H3,(H,25,30)/t18-,23+/m1/s1. The summed E-state index contributed by atoms with van der Waals surface area (Å²) >= 11 is 1.37. The molecule has 3 rings (SSSR count).